The lowest BCUT2D eigenvalue weighted by molar-refractivity contribution is 0.550. The minimum Gasteiger partial charge on any atom is -0.341 e. The molecular formula is C18H20FN5. The molecule has 1 aromatic heterocycles. The van der Waals surface area contributed by atoms with Crippen molar-refractivity contribution in [2.45, 2.75) is 19.9 Å². The quantitative estimate of drug-likeness (QED) is 0.605. The topological polar surface area (TPSA) is 46.3 Å². The van der Waals surface area contributed by atoms with Crippen molar-refractivity contribution >= 4 is 18.4 Å². The molecule has 1 aliphatic heterocycles. The highest BCUT2D eigenvalue weighted by molar-refractivity contribution is 5.65. The summed E-state index contributed by atoms with van der Waals surface area (Å²) in [6.45, 7) is 7.72. The van der Waals surface area contributed by atoms with Crippen molar-refractivity contribution in [2.75, 3.05) is 18.0 Å². The summed E-state index contributed by atoms with van der Waals surface area (Å²) in [5.41, 5.74) is 1.18. The van der Waals surface area contributed by atoms with E-state index in [1.54, 1.807) is 16.8 Å². The van der Waals surface area contributed by atoms with Gasteiger partial charge in [0.05, 0.1) is 6.54 Å². The number of allylic oxidation sites excluding steroid dienone is 3. The van der Waals surface area contributed by atoms with Gasteiger partial charge in [0.1, 0.15) is 11.5 Å². The zero-order valence-corrected chi connectivity index (χ0v) is 13.7. The molecule has 3 rings (SSSR count). The van der Waals surface area contributed by atoms with Crippen molar-refractivity contribution in [1.29, 1.82) is 0 Å². The molecule has 2 aromatic rings. The monoisotopic (exact) mass is 325 g/mol. The maximum atomic E-state index is 14.0. The summed E-state index contributed by atoms with van der Waals surface area (Å²) in [4.78, 5) is 10.7. The fraction of sp³-hybridized carbons (Fsp3) is 0.278. The van der Waals surface area contributed by atoms with Gasteiger partial charge in [-0.3, -0.25) is 4.99 Å². The molecular weight excluding hydrogens is 305 g/mol. The summed E-state index contributed by atoms with van der Waals surface area (Å²) in [7, 11) is 0. The zero-order chi connectivity index (χ0) is 16.9. The smallest absolute Gasteiger partial charge is 0.224 e. The lowest BCUT2D eigenvalue weighted by Gasteiger charge is -2.31. The summed E-state index contributed by atoms with van der Waals surface area (Å²) >= 11 is 0. The number of nitrogens with zero attached hydrogens (tertiary/aromatic N) is 5. The molecule has 1 fully saturated rings. The normalized spacial score (nSPS) is 14.9. The number of rotatable bonds is 6. The molecule has 0 saturated carbocycles. The number of aromatic nitrogens is 3. The third-order valence-corrected chi connectivity index (χ3v) is 3.92. The van der Waals surface area contributed by atoms with E-state index in [1.807, 2.05) is 31.2 Å². The van der Waals surface area contributed by atoms with Crippen LogP contribution in [0.3, 0.4) is 0 Å². The molecule has 5 nitrogen and oxygen atoms in total. The van der Waals surface area contributed by atoms with Gasteiger partial charge >= 0.3 is 0 Å². The number of anilines is 1. The van der Waals surface area contributed by atoms with Gasteiger partial charge < -0.3 is 4.90 Å². The largest absolute Gasteiger partial charge is 0.341 e. The lowest BCUT2D eigenvalue weighted by atomic mass is 10.2. The van der Waals surface area contributed by atoms with Crippen LogP contribution in [0.1, 0.15) is 24.7 Å². The van der Waals surface area contributed by atoms with Gasteiger partial charge in [0.2, 0.25) is 11.8 Å². The van der Waals surface area contributed by atoms with Gasteiger partial charge in [-0.05, 0) is 32.2 Å². The van der Waals surface area contributed by atoms with Crippen molar-refractivity contribution in [3.8, 4) is 0 Å². The van der Waals surface area contributed by atoms with Crippen molar-refractivity contribution in [1.82, 2.24) is 14.8 Å². The van der Waals surface area contributed by atoms with Crippen LogP contribution in [-0.4, -0.2) is 34.6 Å². The van der Waals surface area contributed by atoms with Crippen LogP contribution in [0.15, 0.2) is 47.5 Å². The Labute approximate surface area is 140 Å². The third kappa shape index (κ3) is 3.27. The van der Waals surface area contributed by atoms with E-state index in [4.69, 9.17) is 0 Å². The molecule has 0 N–H and O–H groups in total. The Morgan fingerprint density at radius 3 is 2.79 bits per heavy atom. The Balaban J connectivity index is 1.98. The van der Waals surface area contributed by atoms with Gasteiger partial charge in [-0.15, -0.1) is 5.10 Å². The van der Waals surface area contributed by atoms with E-state index >= 15 is 0 Å². The number of halogens is 1. The Kier molecular flexibility index (Phi) is 4.84. The fourth-order valence-electron chi connectivity index (χ4n) is 2.47. The lowest BCUT2D eigenvalue weighted by Crippen LogP contribution is -2.39. The van der Waals surface area contributed by atoms with Crippen LogP contribution in [0, 0.1) is 5.82 Å². The summed E-state index contributed by atoms with van der Waals surface area (Å²) < 4.78 is 15.7. The predicted molar refractivity (Wildman–Crippen MR) is 94.7 cm³/mol. The van der Waals surface area contributed by atoms with Gasteiger partial charge in [-0.2, -0.15) is 4.98 Å². The van der Waals surface area contributed by atoms with E-state index in [1.165, 1.54) is 6.07 Å². The Bertz CT molecular complexity index is 786. The van der Waals surface area contributed by atoms with E-state index < -0.39 is 0 Å². The van der Waals surface area contributed by atoms with Crippen molar-refractivity contribution in [3.63, 3.8) is 0 Å². The van der Waals surface area contributed by atoms with Gasteiger partial charge in [0, 0.05) is 18.7 Å². The highest BCUT2D eigenvalue weighted by atomic mass is 19.1. The third-order valence-electron chi connectivity index (χ3n) is 3.92. The molecule has 1 aromatic carbocycles. The molecule has 1 saturated heterocycles. The van der Waals surface area contributed by atoms with E-state index in [0.717, 1.165) is 25.5 Å². The zero-order valence-electron chi connectivity index (χ0n) is 13.7. The Hall–Kier alpha value is -2.76. The second-order valence-electron chi connectivity index (χ2n) is 5.56. The minimum absolute atomic E-state index is 0.240. The maximum Gasteiger partial charge on any atom is 0.224 e. The van der Waals surface area contributed by atoms with Crippen molar-refractivity contribution < 1.29 is 4.39 Å². The van der Waals surface area contributed by atoms with E-state index in [-0.39, 0.29) is 5.82 Å². The average Bonchev–Trinajstić information content (AvgIpc) is 2.92. The molecule has 0 unspecified atom stereocenters. The second kappa shape index (κ2) is 7.21. The fourth-order valence-corrected chi connectivity index (χ4v) is 2.47. The number of benzene rings is 1. The maximum absolute atomic E-state index is 14.0. The van der Waals surface area contributed by atoms with Crippen LogP contribution in [0.25, 0.3) is 5.70 Å². The van der Waals surface area contributed by atoms with E-state index in [0.29, 0.717) is 23.6 Å². The highest BCUT2D eigenvalue weighted by Gasteiger charge is 2.23. The van der Waals surface area contributed by atoms with E-state index in [2.05, 4.69) is 26.7 Å². The Morgan fingerprint density at radius 1 is 1.38 bits per heavy atom. The second-order valence-corrected chi connectivity index (χ2v) is 5.56. The summed E-state index contributed by atoms with van der Waals surface area (Å²) in [5.74, 6) is 1.01. The molecule has 2 heterocycles. The SMILES string of the molecule is C=NC(=CC=CC)c1nc(N2CCC2)n(Cc2ccccc2F)n1. The van der Waals surface area contributed by atoms with Crippen LogP contribution < -0.4 is 4.90 Å². The summed E-state index contributed by atoms with van der Waals surface area (Å²) in [6.07, 6.45) is 6.71. The first-order valence-electron chi connectivity index (χ1n) is 7.96. The standard InChI is InChI=1S/C18H20FN5/c1-3-4-10-16(20-2)17-21-18(23-11-7-12-23)24(22-17)13-14-8-5-6-9-15(14)19/h3-6,8-10H,2,7,11-13H2,1H3. The van der Waals surface area contributed by atoms with Gasteiger partial charge in [0.15, 0.2) is 0 Å². The van der Waals surface area contributed by atoms with Crippen LogP contribution in [0.2, 0.25) is 0 Å². The van der Waals surface area contributed by atoms with Crippen molar-refractivity contribution in [2.24, 2.45) is 4.99 Å². The molecule has 0 radical (unpaired) electrons. The molecule has 0 bridgehead atoms. The van der Waals surface area contributed by atoms with Gasteiger partial charge in [-0.1, -0.05) is 30.4 Å². The number of aliphatic imine (C=N–C) groups is 1. The first kappa shape index (κ1) is 16.1. The number of hydrogen-bond donors (Lipinski definition) is 0. The first-order chi connectivity index (χ1) is 11.7. The minimum atomic E-state index is -0.240. The van der Waals surface area contributed by atoms with Crippen LogP contribution in [0.4, 0.5) is 10.3 Å². The molecule has 1 aliphatic rings. The molecule has 0 aliphatic carbocycles. The molecule has 0 amide bonds. The summed E-state index contributed by atoms with van der Waals surface area (Å²) in [5, 5.41) is 4.53. The first-order valence-corrected chi connectivity index (χ1v) is 7.96. The molecule has 6 heteroatoms. The Morgan fingerprint density at radius 2 is 2.17 bits per heavy atom. The van der Waals surface area contributed by atoms with E-state index in [9.17, 15) is 4.39 Å². The summed E-state index contributed by atoms with van der Waals surface area (Å²) in [6, 6.07) is 6.72. The highest BCUT2D eigenvalue weighted by Crippen LogP contribution is 2.23. The number of hydrogen-bond acceptors (Lipinski definition) is 4. The van der Waals surface area contributed by atoms with Crippen molar-refractivity contribution in [3.05, 3.63) is 59.7 Å². The predicted octanol–water partition coefficient (Wildman–Crippen LogP) is 3.29. The molecule has 0 spiro atoms. The van der Waals surface area contributed by atoms with Crippen LogP contribution in [0.5, 0.6) is 0 Å². The van der Waals surface area contributed by atoms with Crippen LogP contribution in [-0.2, 0) is 6.54 Å². The van der Waals surface area contributed by atoms with Gasteiger partial charge in [-0.25, -0.2) is 9.07 Å². The van der Waals surface area contributed by atoms with Crippen LogP contribution >= 0.6 is 0 Å². The van der Waals surface area contributed by atoms with Gasteiger partial charge in [0.25, 0.3) is 0 Å². The molecule has 0 atom stereocenters. The average molecular weight is 325 g/mol. The molecule has 124 valence electrons. The molecule has 24 heavy (non-hydrogen) atoms.